The number of anilines is 1. The predicted molar refractivity (Wildman–Crippen MR) is 67.7 cm³/mol. The van der Waals surface area contributed by atoms with Gasteiger partial charge in [-0.1, -0.05) is 25.4 Å². The van der Waals surface area contributed by atoms with E-state index in [1.165, 1.54) is 0 Å². The Morgan fingerprint density at radius 1 is 1.50 bits per heavy atom. The number of hydrogen-bond acceptors (Lipinski definition) is 2. The lowest BCUT2D eigenvalue weighted by Gasteiger charge is -2.07. The summed E-state index contributed by atoms with van der Waals surface area (Å²) in [5.74, 6) is 0.470. The van der Waals surface area contributed by atoms with Crippen LogP contribution in [0.1, 0.15) is 30.6 Å². The normalized spacial score (nSPS) is 10.5. The van der Waals surface area contributed by atoms with E-state index in [9.17, 15) is 4.79 Å². The van der Waals surface area contributed by atoms with Crippen molar-refractivity contribution in [3.63, 3.8) is 0 Å². The van der Waals surface area contributed by atoms with E-state index < -0.39 is 0 Å². The van der Waals surface area contributed by atoms with Crippen molar-refractivity contribution >= 4 is 23.2 Å². The largest absolute Gasteiger partial charge is 0.398 e. The van der Waals surface area contributed by atoms with Crippen LogP contribution in [0.2, 0.25) is 5.02 Å². The summed E-state index contributed by atoms with van der Waals surface area (Å²) < 4.78 is 0. The highest BCUT2D eigenvalue weighted by Gasteiger charge is 2.07. The lowest BCUT2D eigenvalue weighted by molar-refractivity contribution is 0.0952. The molecule has 4 heteroatoms. The second-order valence-corrected chi connectivity index (χ2v) is 4.58. The highest BCUT2D eigenvalue weighted by molar-refractivity contribution is 6.33. The summed E-state index contributed by atoms with van der Waals surface area (Å²) in [5, 5.41) is 3.25. The van der Waals surface area contributed by atoms with Gasteiger partial charge in [-0.25, -0.2) is 0 Å². The molecule has 0 saturated carbocycles. The first-order chi connectivity index (χ1) is 7.50. The molecule has 3 nitrogen and oxygen atoms in total. The van der Waals surface area contributed by atoms with Crippen LogP contribution >= 0.6 is 11.6 Å². The van der Waals surface area contributed by atoms with Crippen molar-refractivity contribution < 1.29 is 4.79 Å². The molecule has 0 aromatic heterocycles. The maximum Gasteiger partial charge on any atom is 0.251 e. The van der Waals surface area contributed by atoms with Gasteiger partial charge in [0.1, 0.15) is 0 Å². The first-order valence-electron chi connectivity index (χ1n) is 5.34. The topological polar surface area (TPSA) is 55.1 Å². The summed E-state index contributed by atoms with van der Waals surface area (Å²) in [7, 11) is 0. The molecule has 1 aromatic carbocycles. The van der Waals surface area contributed by atoms with Crippen LogP contribution in [0, 0.1) is 5.92 Å². The molecule has 0 heterocycles. The van der Waals surface area contributed by atoms with Gasteiger partial charge in [0.15, 0.2) is 0 Å². The minimum atomic E-state index is -0.109. The molecule has 0 saturated heterocycles. The Hall–Kier alpha value is -1.22. The molecule has 0 aliphatic carbocycles. The molecular formula is C12H17ClN2O. The number of hydrogen-bond donors (Lipinski definition) is 2. The third-order valence-corrected chi connectivity index (χ3v) is 2.60. The zero-order valence-corrected chi connectivity index (χ0v) is 10.3. The van der Waals surface area contributed by atoms with E-state index in [1.807, 2.05) is 0 Å². The van der Waals surface area contributed by atoms with Crippen molar-refractivity contribution in [1.29, 1.82) is 0 Å². The van der Waals surface area contributed by atoms with Gasteiger partial charge in [-0.05, 0) is 30.5 Å². The third-order valence-electron chi connectivity index (χ3n) is 2.27. The molecule has 0 atom stereocenters. The standard InChI is InChI=1S/C12H17ClN2O/c1-8(2)5-6-15-12(16)9-3-4-11(14)10(13)7-9/h3-4,7-8H,5-6,14H2,1-2H3,(H,15,16). The fourth-order valence-corrected chi connectivity index (χ4v) is 1.43. The van der Waals surface area contributed by atoms with Crippen LogP contribution in [0.25, 0.3) is 0 Å². The zero-order chi connectivity index (χ0) is 12.1. The smallest absolute Gasteiger partial charge is 0.251 e. The van der Waals surface area contributed by atoms with Gasteiger partial charge in [0.25, 0.3) is 5.91 Å². The number of benzene rings is 1. The van der Waals surface area contributed by atoms with Crippen LogP contribution in [0.4, 0.5) is 5.69 Å². The van der Waals surface area contributed by atoms with Gasteiger partial charge in [-0.3, -0.25) is 4.79 Å². The van der Waals surface area contributed by atoms with Gasteiger partial charge in [0, 0.05) is 12.1 Å². The van der Waals surface area contributed by atoms with E-state index in [-0.39, 0.29) is 5.91 Å². The molecule has 0 radical (unpaired) electrons. The van der Waals surface area contributed by atoms with E-state index in [2.05, 4.69) is 19.2 Å². The van der Waals surface area contributed by atoms with E-state index in [1.54, 1.807) is 18.2 Å². The number of nitrogen functional groups attached to an aromatic ring is 1. The average Bonchev–Trinajstić information content (AvgIpc) is 2.21. The molecule has 0 unspecified atom stereocenters. The first-order valence-corrected chi connectivity index (χ1v) is 5.71. The van der Waals surface area contributed by atoms with Gasteiger partial charge in [0.2, 0.25) is 0 Å². The summed E-state index contributed by atoms with van der Waals surface area (Å²) in [5.41, 5.74) is 6.60. The molecule has 88 valence electrons. The van der Waals surface area contributed by atoms with Crippen molar-refractivity contribution in [2.24, 2.45) is 5.92 Å². The molecule has 1 rings (SSSR count). The Balaban J connectivity index is 2.56. The average molecular weight is 241 g/mol. The summed E-state index contributed by atoms with van der Waals surface area (Å²) in [6, 6.07) is 4.90. The molecule has 0 aliphatic heterocycles. The monoisotopic (exact) mass is 240 g/mol. The van der Waals surface area contributed by atoms with E-state index in [4.69, 9.17) is 17.3 Å². The minimum Gasteiger partial charge on any atom is -0.398 e. The fourth-order valence-electron chi connectivity index (χ4n) is 1.24. The van der Waals surface area contributed by atoms with E-state index >= 15 is 0 Å². The Morgan fingerprint density at radius 3 is 2.75 bits per heavy atom. The molecule has 1 aromatic rings. The zero-order valence-electron chi connectivity index (χ0n) is 9.59. The quantitative estimate of drug-likeness (QED) is 0.795. The Labute approximate surface area is 101 Å². The number of amides is 1. The molecule has 3 N–H and O–H groups in total. The third kappa shape index (κ3) is 3.74. The van der Waals surface area contributed by atoms with Crippen LogP contribution in [0.15, 0.2) is 18.2 Å². The number of carbonyl (C=O) groups is 1. The van der Waals surface area contributed by atoms with Crippen LogP contribution in [-0.2, 0) is 0 Å². The Kier molecular flexibility index (Phi) is 4.62. The van der Waals surface area contributed by atoms with Crippen LogP contribution in [0.5, 0.6) is 0 Å². The van der Waals surface area contributed by atoms with Crippen molar-refractivity contribution in [1.82, 2.24) is 5.32 Å². The number of rotatable bonds is 4. The molecule has 0 fully saturated rings. The molecular weight excluding hydrogens is 224 g/mol. The van der Waals surface area contributed by atoms with Gasteiger partial charge >= 0.3 is 0 Å². The molecule has 1 amide bonds. The SMILES string of the molecule is CC(C)CCNC(=O)c1ccc(N)c(Cl)c1. The number of carbonyl (C=O) groups excluding carboxylic acids is 1. The maximum absolute atomic E-state index is 11.7. The number of nitrogens with two attached hydrogens (primary N) is 1. The van der Waals surface area contributed by atoms with Crippen molar-refractivity contribution in [2.75, 3.05) is 12.3 Å². The van der Waals surface area contributed by atoms with E-state index in [0.717, 1.165) is 6.42 Å². The second-order valence-electron chi connectivity index (χ2n) is 4.17. The first kappa shape index (κ1) is 12.8. The van der Waals surface area contributed by atoms with Gasteiger partial charge in [-0.2, -0.15) is 0 Å². The van der Waals surface area contributed by atoms with Crippen LogP contribution in [-0.4, -0.2) is 12.5 Å². The minimum absolute atomic E-state index is 0.109. The molecule has 16 heavy (non-hydrogen) atoms. The fraction of sp³-hybridized carbons (Fsp3) is 0.417. The predicted octanol–water partition coefficient (Wildman–Crippen LogP) is 2.70. The van der Waals surface area contributed by atoms with Crippen LogP contribution in [0.3, 0.4) is 0 Å². The Bertz CT molecular complexity index is 377. The highest BCUT2D eigenvalue weighted by Crippen LogP contribution is 2.19. The summed E-state index contributed by atoms with van der Waals surface area (Å²) in [4.78, 5) is 11.7. The van der Waals surface area contributed by atoms with Gasteiger partial charge in [0.05, 0.1) is 10.7 Å². The summed E-state index contributed by atoms with van der Waals surface area (Å²) >= 11 is 5.84. The van der Waals surface area contributed by atoms with Gasteiger partial charge < -0.3 is 11.1 Å². The summed E-state index contributed by atoms with van der Waals surface area (Å²) in [6.07, 6.45) is 0.967. The van der Waals surface area contributed by atoms with E-state index in [0.29, 0.717) is 28.7 Å². The lowest BCUT2D eigenvalue weighted by atomic mass is 10.1. The van der Waals surface area contributed by atoms with Crippen molar-refractivity contribution in [2.45, 2.75) is 20.3 Å². The molecule has 0 aliphatic rings. The molecule has 0 spiro atoms. The molecule has 0 bridgehead atoms. The Morgan fingerprint density at radius 2 is 2.19 bits per heavy atom. The van der Waals surface area contributed by atoms with Crippen molar-refractivity contribution in [3.8, 4) is 0 Å². The summed E-state index contributed by atoms with van der Waals surface area (Å²) in [6.45, 7) is 4.91. The van der Waals surface area contributed by atoms with Crippen molar-refractivity contribution in [3.05, 3.63) is 28.8 Å². The van der Waals surface area contributed by atoms with Gasteiger partial charge in [-0.15, -0.1) is 0 Å². The highest BCUT2D eigenvalue weighted by atomic mass is 35.5. The second kappa shape index (κ2) is 5.75. The van der Waals surface area contributed by atoms with Crippen LogP contribution < -0.4 is 11.1 Å². The maximum atomic E-state index is 11.7. The number of nitrogens with one attached hydrogen (secondary N) is 1. The number of halogens is 1. The lowest BCUT2D eigenvalue weighted by Crippen LogP contribution is -2.25.